The topological polar surface area (TPSA) is 38.1 Å². The monoisotopic (exact) mass is 236 g/mol. The quantitative estimate of drug-likeness (QED) is 0.744. The lowest BCUT2D eigenvalue weighted by Crippen LogP contribution is -1.94. The highest BCUT2D eigenvalue weighted by Crippen LogP contribution is 2.28. The average molecular weight is 236 g/mol. The molecule has 2 heterocycles. The van der Waals surface area contributed by atoms with Crippen LogP contribution in [-0.2, 0) is 0 Å². The molecule has 0 amide bonds. The van der Waals surface area contributed by atoms with Gasteiger partial charge in [0.15, 0.2) is 5.76 Å². The number of nitrogens with one attached hydrogen (secondary N) is 1. The van der Waals surface area contributed by atoms with Crippen molar-refractivity contribution >= 4 is 11.4 Å². The van der Waals surface area contributed by atoms with Crippen LogP contribution in [0, 0.1) is 0 Å². The number of nitrogens with zero attached hydrogens (tertiary/aromatic N) is 1. The number of anilines is 2. The zero-order chi connectivity index (χ0) is 12.2. The minimum atomic E-state index is 0.758. The molecule has 0 aliphatic rings. The molecular weight excluding hydrogens is 224 g/mol. The highest BCUT2D eigenvalue weighted by Gasteiger charge is 2.08. The van der Waals surface area contributed by atoms with Crippen LogP contribution in [-0.4, -0.2) is 4.98 Å². The normalized spacial score (nSPS) is 10.2. The minimum absolute atomic E-state index is 0.758. The van der Waals surface area contributed by atoms with E-state index in [2.05, 4.69) is 10.3 Å². The van der Waals surface area contributed by atoms with Crippen molar-refractivity contribution in [1.82, 2.24) is 4.98 Å². The van der Waals surface area contributed by atoms with Gasteiger partial charge in [-0.15, -0.1) is 0 Å². The van der Waals surface area contributed by atoms with E-state index in [4.69, 9.17) is 4.42 Å². The molecule has 0 unspecified atom stereocenters. The van der Waals surface area contributed by atoms with Gasteiger partial charge in [-0.3, -0.25) is 4.98 Å². The Labute approximate surface area is 105 Å². The van der Waals surface area contributed by atoms with E-state index in [1.807, 2.05) is 54.6 Å². The summed E-state index contributed by atoms with van der Waals surface area (Å²) in [4.78, 5) is 4.36. The third-order valence-corrected chi connectivity index (χ3v) is 2.62. The molecule has 1 aromatic carbocycles. The fourth-order valence-electron chi connectivity index (χ4n) is 1.79. The van der Waals surface area contributed by atoms with Gasteiger partial charge in [0.2, 0.25) is 0 Å². The molecule has 0 atom stereocenters. The lowest BCUT2D eigenvalue weighted by molar-refractivity contribution is 0.580. The number of hydrogen-bond donors (Lipinski definition) is 1. The number of rotatable bonds is 3. The molecule has 0 spiro atoms. The second kappa shape index (κ2) is 4.75. The van der Waals surface area contributed by atoms with Crippen molar-refractivity contribution < 1.29 is 4.42 Å². The van der Waals surface area contributed by atoms with Crippen LogP contribution in [0.3, 0.4) is 0 Å². The van der Waals surface area contributed by atoms with Gasteiger partial charge in [0.25, 0.3) is 0 Å². The van der Waals surface area contributed by atoms with Crippen molar-refractivity contribution in [2.24, 2.45) is 0 Å². The molecule has 18 heavy (non-hydrogen) atoms. The SMILES string of the molecule is c1ccc(Nc2cccnc2-c2ccco2)cc1. The molecule has 3 nitrogen and oxygen atoms in total. The van der Waals surface area contributed by atoms with Gasteiger partial charge in [-0.2, -0.15) is 0 Å². The Morgan fingerprint density at radius 3 is 2.56 bits per heavy atom. The number of hydrogen-bond acceptors (Lipinski definition) is 3. The first kappa shape index (κ1) is 10.6. The van der Waals surface area contributed by atoms with E-state index >= 15 is 0 Å². The summed E-state index contributed by atoms with van der Waals surface area (Å²) < 4.78 is 5.40. The summed E-state index contributed by atoms with van der Waals surface area (Å²) in [6.07, 6.45) is 3.41. The van der Waals surface area contributed by atoms with Gasteiger partial charge < -0.3 is 9.73 Å². The summed E-state index contributed by atoms with van der Waals surface area (Å²) in [6.45, 7) is 0. The molecule has 0 bridgehead atoms. The summed E-state index contributed by atoms with van der Waals surface area (Å²) in [6, 6.07) is 17.6. The molecule has 0 radical (unpaired) electrons. The maximum Gasteiger partial charge on any atom is 0.154 e. The third kappa shape index (κ3) is 2.11. The van der Waals surface area contributed by atoms with Crippen LogP contribution < -0.4 is 5.32 Å². The van der Waals surface area contributed by atoms with Crippen molar-refractivity contribution in [2.75, 3.05) is 5.32 Å². The standard InChI is InChI=1S/C15H12N2O/c1-2-6-12(7-3-1)17-13-8-4-10-16-15(13)14-9-5-11-18-14/h1-11,17H. The van der Waals surface area contributed by atoms with Crippen LogP contribution >= 0.6 is 0 Å². The first-order valence-corrected chi connectivity index (χ1v) is 5.74. The average Bonchev–Trinajstić information content (AvgIpc) is 2.94. The van der Waals surface area contributed by atoms with E-state index in [1.54, 1.807) is 12.5 Å². The molecule has 1 N–H and O–H groups in total. The summed E-state index contributed by atoms with van der Waals surface area (Å²) in [7, 11) is 0. The van der Waals surface area contributed by atoms with Crippen molar-refractivity contribution in [2.45, 2.75) is 0 Å². The van der Waals surface area contributed by atoms with Crippen LogP contribution in [0.25, 0.3) is 11.5 Å². The van der Waals surface area contributed by atoms with Crippen molar-refractivity contribution in [1.29, 1.82) is 0 Å². The van der Waals surface area contributed by atoms with Gasteiger partial charge in [-0.1, -0.05) is 18.2 Å². The lowest BCUT2D eigenvalue weighted by Gasteiger charge is -2.09. The molecule has 0 fully saturated rings. The van der Waals surface area contributed by atoms with Crippen LogP contribution in [0.15, 0.2) is 71.5 Å². The molecule has 3 aromatic rings. The van der Waals surface area contributed by atoms with E-state index in [0.717, 1.165) is 22.8 Å². The van der Waals surface area contributed by atoms with Crippen LogP contribution in [0.2, 0.25) is 0 Å². The molecule has 3 rings (SSSR count). The molecule has 2 aromatic heterocycles. The predicted molar refractivity (Wildman–Crippen MR) is 71.7 cm³/mol. The zero-order valence-corrected chi connectivity index (χ0v) is 9.71. The molecule has 0 saturated heterocycles. The highest BCUT2D eigenvalue weighted by atomic mass is 16.3. The first-order valence-electron chi connectivity index (χ1n) is 5.74. The summed E-state index contributed by atoms with van der Waals surface area (Å²) in [5.74, 6) is 0.758. The number of benzene rings is 1. The number of aromatic nitrogens is 1. The summed E-state index contributed by atoms with van der Waals surface area (Å²) in [5.41, 5.74) is 2.77. The molecule has 0 saturated carbocycles. The van der Waals surface area contributed by atoms with Crippen molar-refractivity contribution in [3.8, 4) is 11.5 Å². The fourth-order valence-corrected chi connectivity index (χ4v) is 1.79. The summed E-state index contributed by atoms with van der Waals surface area (Å²) in [5, 5.41) is 3.34. The summed E-state index contributed by atoms with van der Waals surface area (Å²) >= 11 is 0. The Kier molecular flexibility index (Phi) is 2.80. The number of pyridine rings is 1. The number of para-hydroxylation sites is 1. The third-order valence-electron chi connectivity index (χ3n) is 2.62. The van der Waals surface area contributed by atoms with Gasteiger partial charge in [0.1, 0.15) is 5.69 Å². The lowest BCUT2D eigenvalue weighted by atomic mass is 10.2. The van der Waals surface area contributed by atoms with E-state index < -0.39 is 0 Å². The zero-order valence-electron chi connectivity index (χ0n) is 9.71. The molecule has 0 aliphatic carbocycles. The van der Waals surface area contributed by atoms with Crippen molar-refractivity contribution in [3.63, 3.8) is 0 Å². The second-order valence-electron chi connectivity index (χ2n) is 3.87. The smallest absolute Gasteiger partial charge is 0.154 e. The van der Waals surface area contributed by atoms with E-state index in [0.29, 0.717) is 0 Å². The van der Waals surface area contributed by atoms with E-state index in [-0.39, 0.29) is 0 Å². The Hall–Kier alpha value is -2.55. The largest absolute Gasteiger partial charge is 0.463 e. The van der Waals surface area contributed by atoms with E-state index in [1.165, 1.54) is 0 Å². The van der Waals surface area contributed by atoms with Gasteiger partial charge >= 0.3 is 0 Å². The fraction of sp³-hybridized carbons (Fsp3) is 0. The molecule has 88 valence electrons. The minimum Gasteiger partial charge on any atom is -0.463 e. The van der Waals surface area contributed by atoms with Crippen LogP contribution in [0.4, 0.5) is 11.4 Å². The highest BCUT2D eigenvalue weighted by molar-refractivity contribution is 5.75. The first-order chi connectivity index (χ1) is 8.93. The van der Waals surface area contributed by atoms with Crippen LogP contribution in [0.5, 0.6) is 0 Å². The van der Waals surface area contributed by atoms with Crippen LogP contribution in [0.1, 0.15) is 0 Å². The van der Waals surface area contributed by atoms with Gasteiger partial charge in [-0.25, -0.2) is 0 Å². The molecule has 3 heteroatoms. The maximum atomic E-state index is 5.40. The number of furan rings is 1. The Morgan fingerprint density at radius 2 is 1.78 bits per heavy atom. The predicted octanol–water partition coefficient (Wildman–Crippen LogP) is 4.09. The van der Waals surface area contributed by atoms with Gasteiger partial charge in [0.05, 0.1) is 12.0 Å². The van der Waals surface area contributed by atoms with E-state index in [9.17, 15) is 0 Å². The molecular formula is C15H12N2O. The van der Waals surface area contributed by atoms with Gasteiger partial charge in [-0.05, 0) is 36.4 Å². The Balaban J connectivity index is 1.98. The molecule has 0 aliphatic heterocycles. The van der Waals surface area contributed by atoms with Gasteiger partial charge in [0, 0.05) is 11.9 Å². The Morgan fingerprint density at radius 1 is 0.889 bits per heavy atom. The Bertz CT molecular complexity index is 618. The maximum absolute atomic E-state index is 5.40. The second-order valence-corrected chi connectivity index (χ2v) is 3.87. The van der Waals surface area contributed by atoms with Crippen molar-refractivity contribution in [3.05, 3.63) is 67.1 Å².